The quantitative estimate of drug-likeness (QED) is 0.275. The van der Waals surface area contributed by atoms with Crippen LogP contribution in [0.4, 0.5) is 11.4 Å². The molecule has 0 unspecified atom stereocenters. The summed E-state index contributed by atoms with van der Waals surface area (Å²) < 4.78 is 1.59. The molecule has 0 aliphatic carbocycles. The predicted octanol–water partition coefficient (Wildman–Crippen LogP) is 4.57. The summed E-state index contributed by atoms with van der Waals surface area (Å²) in [4.78, 5) is 22.2. The molecule has 1 N–H and O–H groups in total. The Morgan fingerprint density at radius 3 is 2.84 bits per heavy atom. The van der Waals surface area contributed by atoms with Crippen LogP contribution in [-0.2, 0) is 4.79 Å². The summed E-state index contributed by atoms with van der Waals surface area (Å²) in [7, 11) is 3.33. The molecule has 0 aliphatic rings. The molecule has 0 aliphatic heterocycles. The van der Waals surface area contributed by atoms with Crippen molar-refractivity contribution < 1.29 is 9.72 Å². The van der Waals surface area contributed by atoms with Gasteiger partial charge in [-0.1, -0.05) is 53.8 Å². The molecule has 1 amide bonds. The summed E-state index contributed by atoms with van der Waals surface area (Å²) in [6, 6.07) is 5.85. The van der Waals surface area contributed by atoms with E-state index in [0.717, 1.165) is 14.4 Å². The van der Waals surface area contributed by atoms with E-state index in [1.165, 1.54) is 41.3 Å². The minimum absolute atomic E-state index is 0.0601. The number of hydrogen-bond acceptors (Lipinski definition) is 9. The van der Waals surface area contributed by atoms with Crippen LogP contribution in [0.2, 0.25) is 0 Å². The minimum Gasteiger partial charge on any atom is -0.325 e. The van der Waals surface area contributed by atoms with E-state index in [0.29, 0.717) is 11.6 Å². The first-order chi connectivity index (χ1) is 11.9. The number of nitro groups is 1. The number of hydrogen-bond donors (Lipinski definition) is 1. The van der Waals surface area contributed by atoms with Crippen molar-refractivity contribution in [1.29, 1.82) is 0 Å². The number of carbonyl (C=O) groups excluding carboxylic acids is 1. The Morgan fingerprint density at radius 2 is 2.12 bits per heavy atom. The molecule has 25 heavy (non-hydrogen) atoms. The maximum atomic E-state index is 12.0. The number of aromatic nitrogens is 2. The number of benzene rings is 1. The highest BCUT2D eigenvalue weighted by atomic mass is 33.1. The van der Waals surface area contributed by atoms with Gasteiger partial charge in [0.25, 0.3) is 5.69 Å². The Bertz CT molecular complexity index is 738. The Labute approximate surface area is 161 Å². The Kier molecular flexibility index (Phi) is 8.00. The number of thioether (sulfide) groups is 1. The summed E-state index contributed by atoms with van der Waals surface area (Å²) >= 11 is 2.75. The van der Waals surface area contributed by atoms with Gasteiger partial charge in [-0.2, -0.15) is 0 Å². The number of anilines is 1. The number of amides is 1. The summed E-state index contributed by atoms with van der Waals surface area (Å²) in [5, 5.41) is 21.5. The molecular weight excluding hydrogens is 400 g/mol. The van der Waals surface area contributed by atoms with Gasteiger partial charge in [0.1, 0.15) is 0 Å². The third-order valence-electron chi connectivity index (χ3n) is 2.59. The van der Waals surface area contributed by atoms with Gasteiger partial charge in [0.2, 0.25) is 5.91 Å². The molecular formula is C14H16N4O3S4. The minimum atomic E-state index is -0.498. The summed E-state index contributed by atoms with van der Waals surface area (Å²) in [5.74, 6) is 1.58. The zero-order valence-electron chi connectivity index (χ0n) is 13.5. The van der Waals surface area contributed by atoms with Gasteiger partial charge < -0.3 is 5.32 Å². The predicted molar refractivity (Wildman–Crippen MR) is 106 cm³/mol. The molecule has 0 spiro atoms. The van der Waals surface area contributed by atoms with Crippen LogP contribution >= 0.6 is 44.7 Å². The number of rotatable bonds is 9. The average molecular weight is 417 g/mol. The molecule has 2 aromatic rings. The van der Waals surface area contributed by atoms with Crippen LogP contribution in [0.5, 0.6) is 0 Å². The number of non-ortho nitro benzene ring substituents is 1. The van der Waals surface area contributed by atoms with Crippen LogP contribution in [0.3, 0.4) is 0 Å². The van der Waals surface area contributed by atoms with Crippen molar-refractivity contribution >= 4 is 62.0 Å². The molecule has 1 heterocycles. The zero-order chi connectivity index (χ0) is 18.2. The van der Waals surface area contributed by atoms with E-state index in [9.17, 15) is 14.9 Å². The lowest BCUT2D eigenvalue weighted by Crippen LogP contribution is -2.14. The summed E-state index contributed by atoms with van der Waals surface area (Å²) in [5.41, 5.74) is 0.341. The molecule has 0 atom stereocenters. The Morgan fingerprint density at radius 1 is 1.36 bits per heavy atom. The number of nitro benzene ring substituents is 1. The fourth-order valence-electron chi connectivity index (χ4n) is 1.53. The van der Waals surface area contributed by atoms with E-state index < -0.39 is 4.92 Å². The van der Waals surface area contributed by atoms with Crippen LogP contribution in [0.15, 0.2) is 32.9 Å². The van der Waals surface area contributed by atoms with Crippen molar-refractivity contribution in [2.24, 2.45) is 5.92 Å². The molecule has 11 heteroatoms. The second-order valence-corrected chi connectivity index (χ2v) is 10.0. The number of carbonyl (C=O) groups is 1. The molecule has 1 aromatic heterocycles. The second-order valence-electron chi connectivity index (χ2n) is 5.24. The molecule has 7 nitrogen and oxygen atoms in total. The number of nitrogens with one attached hydrogen (secondary N) is 1. The third kappa shape index (κ3) is 7.22. The Hall–Kier alpha value is -1.30. The van der Waals surface area contributed by atoms with Crippen LogP contribution in [0, 0.1) is 16.0 Å². The lowest BCUT2D eigenvalue weighted by Gasteiger charge is -2.03. The largest absolute Gasteiger partial charge is 0.325 e. The monoisotopic (exact) mass is 416 g/mol. The van der Waals surface area contributed by atoms with Crippen molar-refractivity contribution in [1.82, 2.24) is 10.2 Å². The fraction of sp³-hybridized carbons (Fsp3) is 0.357. The molecule has 0 bridgehead atoms. The Balaban J connectivity index is 1.79. The van der Waals surface area contributed by atoms with Crippen molar-refractivity contribution in [3.05, 3.63) is 34.4 Å². The zero-order valence-corrected chi connectivity index (χ0v) is 16.8. The van der Waals surface area contributed by atoms with Crippen molar-refractivity contribution in [2.45, 2.75) is 22.5 Å². The van der Waals surface area contributed by atoms with Gasteiger partial charge in [-0.3, -0.25) is 14.9 Å². The van der Waals surface area contributed by atoms with Gasteiger partial charge >= 0.3 is 0 Å². The molecule has 0 fully saturated rings. The van der Waals surface area contributed by atoms with Crippen LogP contribution in [-0.4, -0.2) is 32.5 Å². The van der Waals surface area contributed by atoms with Crippen molar-refractivity contribution in [2.75, 3.05) is 16.8 Å². The van der Waals surface area contributed by atoms with E-state index in [1.807, 2.05) is 0 Å². The van der Waals surface area contributed by atoms with E-state index >= 15 is 0 Å². The van der Waals surface area contributed by atoms with Crippen molar-refractivity contribution in [3.63, 3.8) is 0 Å². The second kappa shape index (κ2) is 10.00. The lowest BCUT2D eigenvalue weighted by atomic mass is 10.3. The van der Waals surface area contributed by atoms with Crippen LogP contribution < -0.4 is 5.32 Å². The molecule has 0 saturated carbocycles. The first-order valence-corrected chi connectivity index (χ1v) is 11.4. The highest BCUT2D eigenvalue weighted by Crippen LogP contribution is 2.36. The van der Waals surface area contributed by atoms with Gasteiger partial charge in [-0.05, 0) is 22.8 Å². The first kappa shape index (κ1) is 20.0. The highest BCUT2D eigenvalue weighted by Gasteiger charge is 2.11. The van der Waals surface area contributed by atoms with Crippen LogP contribution in [0.1, 0.15) is 13.8 Å². The van der Waals surface area contributed by atoms with Crippen LogP contribution in [0.25, 0.3) is 0 Å². The van der Waals surface area contributed by atoms with Gasteiger partial charge in [0, 0.05) is 23.6 Å². The third-order valence-corrected chi connectivity index (χ3v) is 7.63. The highest BCUT2D eigenvalue weighted by molar-refractivity contribution is 8.77. The van der Waals surface area contributed by atoms with E-state index in [1.54, 1.807) is 27.7 Å². The topological polar surface area (TPSA) is 98.0 Å². The van der Waals surface area contributed by atoms with E-state index in [2.05, 4.69) is 29.4 Å². The molecule has 134 valence electrons. The van der Waals surface area contributed by atoms with Gasteiger partial charge in [0.15, 0.2) is 8.68 Å². The molecule has 0 radical (unpaired) electrons. The molecule has 0 saturated heterocycles. The standard InChI is InChI=1S/C14H16N4O3S4/c1-9(2)7-23-25-14-17-16-13(24-14)22-8-12(19)15-10-4-3-5-11(6-10)18(20)21/h3-6,9H,7-8H2,1-2H3,(H,15,19). The van der Waals surface area contributed by atoms with Gasteiger partial charge in [-0.25, -0.2) is 0 Å². The molecule has 1 aromatic carbocycles. The SMILES string of the molecule is CC(C)CSSc1nnc(SCC(=O)Nc2cccc([N+](=O)[O-])c2)s1. The maximum absolute atomic E-state index is 12.0. The lowest BCUT2D eigenvalue weighted by molar-refractivity contribution is -0.384. The summed E-state index contributed by atoms with van der Waals surface area (Å²) in [6.45, 7) is 4.32. The first-order valence-electron chi connectivity index (χ1n) is 7.24. The van der Waals surface area contributed by atoms with Crippen molar-refractivity contribution in [3.8, 4) is 0 Å². The summed E-state index contributed by atoms with van der Waals surface area (Å²) in [6.07, 6.45) is 0. The normalized spacial score (nSPS) is 10.8. The van der Waals surface area contributed by atoms with Gasteiger partial charge in [0.05, 0.1) is 10.7 Å². The number of nitrogens with zero attached hydrogens (tertiary/aromatic N) is 3. The smallest absolute Gasteiger partial charge is 0.271 e. The fourth-order valence-corrected chi connectivity index (χ4v) is 6.13. The van der Waals surface area contributed by atoms with Gasteiger partial charge in [-0.15, -0.1) is 10.2 Å². The van der Waals surface area contributed by atoms with E-state index in [4.69, 9.17) is 0 Å². The maximum Gasteiger partial charge on any atom is 0.271 e. The van der Waals surface area contributed by atoms with E-state index in [-0.39, 0.29) is 17.3 Å². The average Bonchev–Trinajstić information content (AvgIpc) is 3.01. The molecule has 2 rings (SSSR count).